The molecule has 1 heterocycles. The van der Waals surface area contributed by atoms with Crippen molar-refractivity contribution in [2.24, 2.45) is 5.92 Å². The van der Waals surface area contributed by atoms with Gasteiger partial charge in [0.15, 0.2) is 10.6 Å². The average Bonchev–Trinajstić information content (AvgIpc) is 2.72. The quantitative estimate of drug-likeness (QED) is 0.639. The molecule has 4 heteroatoms. The summed E-state index contributed by atoms with van der Waals surface area (Å²) in [6.45, 7) is 2.36. The van der Waals surface area contributed by atoms with Gasteiger partial charge in [-0.25, -0.2) is 0 Å². The summed E-state index contributed by atoms with van der Waals surface area (Å²) >= 11 is 5.47. The fourth-order valence-electron chi connectivity index (χ4n) is 3.16. The maximum absolute atomic E-state index is 5.47. The second-order valence-electron chi connectivity index (χ2n) is 5.86. The standard InChI is InChI=1S/C16H21N3S/c1-12-6-5-9-14(11-10-12)19-15(17-18-16(19)20)13-7-3-2-4-8-13/h2-4,7-8,12,14H,5-6,9-11H2,1H3,(H,18,20). The van der Waals surface area contributed by atoms with Crippen LogP contribution in [0.1, 0.15) is 45.1 Å². The highest BCUT2D eigenvalue weighted by molar-refractivity contribution is 7.71. The van der Waals surface area contributed by atoms with E-state index in [4.69, 9.17) is 12.2 Å². The Bertz CT molecular complexity index is 614. The van der Waals surface area contributed by atoms with Crippen LogP contribution < -0.4 is 0 Å². The highest BCUT2D eigenvalue weighted by atomic mass is 32.1. The molecule has 1 aliphatic rings. The molecule has 1 saturated carbocycles. The fraction of sp³-hybridized carbons (Fsp3) is 0.500. The molecular weight excluding hydrogens is 266 g/mol. The molecule has 0 bridgehead atoms. The van der Waals surface area contributed by atoms with E-state index in [1.54, 1.807) is 0 Å². The number of rotatable bonds is 2. The molecular formula is C16H21N3S. The van der Waals surface area contributed by atoms with Crippen LogP contribution in [0.4, 0.5) is 0 Å². The van der Waals surface area contributed by atoms with Crippen molar-refractivity contribution in [3.8, 4) is 11.4 Å². The molecule has 1 N–H and O–H groups in total. The van der Waals surface area contributed by atoms with E-state index in [0.29, 0.717) is 6.04 Å². The minimum Gasteiger partial charge on any atom is -0.297 e. The fourth-order valence-corrected chi connectivity index (χ4v) is 3.44. The van der Waals surface area contributed by atoms with Crippen LogP contribution in [-0.2, 0) is 0 Å². The smallest absolute Gasteiger partial charge is 0.195 e. The van der Waals surface area contributed by atoms with Crippen LogP contribution in [-0.4, -0.2) is 14.8 Å². The summed E-state index contributed by atoms with van der Waals surface area (Å²) < 4.78 is 2.99. The molecule has 3 nitrogen and oxygen atoms in total. The van der Waals surface area contributed by atoms with E-state index in [9.17, 15) is 0 Å². The molecule has 0 radical (unpaired) electrons. The van der Waals surface area contributed by atoms with Gasteiger partial charge in [0.05, 0.1) is 0 Å². The van der Waals surface area contributed by atoms with Gasteiger partial charge in [-0.1, -0.05) is 50.1 Å². The zero-order valence-corrected chi connectivity index (χ0v) is 12.7. The average molecular weight is 287 g/mol. The molecule has 1 fully saturated rings. The van der Waals surface area contributed by atoms with Crippen molar-refractivity contribution in [2.45, 2.75) is 45.1 Å². The van der Waals surface area contributed by atoms with E-state index in [2.05, 4.69) is 33.8 Å². The Kier molecular flexibility index (Phi) is 4.01. The summed E-state index contributed by atoms with van der Waals surface area (Å²) in [5.41, 5.74) is 1.14. The Hall–Kier alpha value is -1.42. The van der Waals surface area contributed by atoms with Crippen LogP contribution in [0.3, 0.4) is 0 Å². The first-order valence-corrected chi connectivity index (χ1v) is 7.89. The molecule has 3 rings (SSSR count). The molecule has 2 unspecified atom stereocenters. The first kappa shape index (κ1) is 13.6. The third-order valence-electron chi connectivity index (χ3n) is 4.33. The van der Waals surface area contributed by atoms with E-state index in [0.717, 1.165) is 22.1 Å². The Balaban J connectivity index is 1.97. The Morgan fingerprint density at radius 3 is 2.75 bits per heavy atom. The number of aromatic nitrogens is 3. The molecule has 1 aromatic carbocycles. The lowest BCUT2D eigenvalue weighted by molar-refractivity contribution is 0.431. The van der Waals surface area contributed by atoms with Crippen molar-refractivity contribution in [3.05, 3.63) is 35.1 Å². The summed E-state index contributed by atoms with van der Waals surface area (Å²) in [5, 5.41) is 7.44. The predicted octanol–water partition coefficient (Wildman–Crippen LogP) is 4.75. The van der Waals surface area contributed by atoms with E-state index >= 15 is 0 Å². The molecule has 1 aromatic heterocycles. The van der Waals surface area contributed by atoms with Gasteiger partial charge in [0, 0.05) is 11.6 Å². The lowest BCUT2D eigenvalue weighted by atomic mass is 10.0. The number of aromatic amines is 1. The largest absolute Gasteiger partial charge is 0.297 e. The number of nitrogens with one attached hydrogen (secondary N) is 1. The summed E-state index contributed by atoms with van der Waals surface area (Å²) in [7, 11) is 0. The number of benzene rings is 1. The van der Waals surface area contributed by atoms with Crippen molar-refractivity contribution in [1.29, 1.82) is 0 Å². The van der Waals surface area contributed by atoms with Crippen molar-refractivity contribution in [3.63, 3.8) is 0 Å². The molecule has 0 aliphatic heterocycles. The van der Waals surface area contributed by atoms with Gasteiger partial charge in [-0.2, -0.15) is 5.10 Å². The van der Waals surface area contributed by atoms with Crippen LogP contribution >= 0.6 is 12.2 Å². The Morgan fingerprint density at radius 1 is 1.15 bits per heavy atom. The summed E-state index contributed by atoms with van der Waals surface area (Å²) in [4.78, 5) is 0. The summed E-state index contributed by atoms with van der Waals surface area (Å²) in [5.74, 6) is 1.82. The molecule has 2 aromatic rings. The number of nitrogens with zero attached hydrogens (tertiary/aromatic N) is 2. The van der Waals surface area contributed by atoms with Crippen LogP contribution in [0.15, 0.2) is 30.3 Å². The van der Waals surface area contributed by atoms with Crippen LogP contribution in [0.2, 0.25) is 0 Å². The molecule has 2 atom stereocenters. The van der Waals surface area contributed by atoms with E-state index in [-0.39, 0.29) is 0 Å². The van der Waals surface area contributed by atoms with Crippen LogP contribution in [0.25, 0.3) is 11.4 Å². The first-order chi connectivity index (χ1) is 9.75. The molecule has 0 spiro atoms. The van der Waals surface area contributed by atoms with Gasteiger partial charge in [0.2, 0.25) is 0 Å². The van der Waals surface area contributed by atoms with E-state index in [1.165, 1.54) is 32.1 Å². The van der Waals surface area contributed by atoms with E-state index < -0.39 is 0 Å². The lowest BCUT2D eigenvalue weighted by Crippen LogP contribution is -2.10. The summed E-state index contributed by atoms with van der Waals surface area (Å²) in [6.07, 6.45) is 6.31. The van der Waals surface area contributed by atoms with Crippen molar-refractivity contribution in [2.75, 3.05) is 0 Å². The Morgan fingerprint density at radius 2 is 1.95 bits per heavy atom. The second kappa shape index (κ2) is 5.92. The van der Waals surface area contributed by atoms with Gasteiger partial charge in [0.1, 0.15) is 0 Å². The highest BCUT2D eigenvalue weighted by Crippen LogP contribution is 2.33. The minimum atomic E-state index is 0.487. The Labute approximate surface area is 125 Å². The van der Waals surface area contributed by atoms with Crippen LogP contribution in [0, 0.1) is 10.7 Å². The minimum absolute atomic E-state index is 0.487. The molecule has 1 aliphatic carbocycles. The maximum Gasteiger partial charge on any atom is 0.195 e. The zero-order valence-electron chi connectivity index (χ0n) is 11.9. The van der Waals surface area contributed by atoms with Crippen LogP contribution in [0.5, 0.6) is 0 Å². The zero-order chi connectivity index (χ0) is 13.9. The third-order valence-corrected chi connectivity index (χ3v) is 4.62. The maximum atomic E-state index is 5.47. The van der Waals surface area contributed by atoms with Gasteiger partial charge < -0.3 is 0 Å². The van der Waals surface area contributed by atoms with Gasteiger partial charge in [-0.05, 0) is 37.4 Å². The SMILES string of the molecule is CC1CCCC(n2c(-c3ccccc3)n[nH]c2=S)CC1. The second-order valence-corrected chi connectivity index (χ2v) is 6.24. The molecule has 106 valence electrons. The van der Waals surface area contributed by atoms with Gasteiger partial charge in [-0.15, -0.1) is 0 Å². The summed E-state index contributed by atoms with van der Waals surface area (Å²) in [6, 6.07) is 10.8. The van der Waals surface area contributed by atoms with E-state index in [1.807, 2.05) is 18.2 Å². The predicted molar refractivity (Wildman–Crippen MR) is 84.1 cm³/mol. The number of hydrogen-bond acceptors (Lipinski definition) is 2. The first-order valence-electron chi connectivity index (χ1n) is 7.48. The van der Waals surface area contributed by atoms with Crippen molar-refractivity contribution in [1.82, 2.24) is 14.8 Å². The normalized spacial score (nSPS) is 23.4. The van der Waals surface area contributed by atoms with Gasteiger partial charge in [0.25, 0.3) is 0 Å². The highest BCUT2D eigenvalue weighted by Gasteiger charge is 2.21. The lowest BCUT2D eigenvalue weighted by Gasteiger charge is -2.18. The van der Waals surface area contributed by atoms with Crippen molar-refractivity contribution >= 4 is 12.2 Å². The third kappa shape index (κ3) is 2.70. The van der Waals surface area contributed by atoms with Crippen molar-refractivity contribution < 1.29 is 0 Å². The molecule has 20 heavy (non-hydrogen) atoms. The number of hydrogen-bond donors (Lipinski definition) is 1. The molecule has 0 saturated heterocycles. The molecule has 0 amide bonds. The monoisotopic (exact) mass is 287 g/mol. The van der Waals surface area contributed by atoms with Gasteiger partial charge >= 0.3 is 0 Å². The number of H-pyrrole nitrogens is 1. The van der Waals surface area contributed by atoms with Gasteiger partial charge in [-0.3, -0.25) is 9.67 Å². The topological polar surface area (TPSA) is 33.6 Å².